The molecule has 0 aliphatic rings. The average Bonchev–Trinajstić information content (AvgIpc) is 2.91. The van der Waals surface area contributed by atoms with Crippen molar-refractivity contribution in [1.82, 2.24) is 14.5 Å². The van der Waals surface area contributed by atoms with E-state index >= 15 is 0 Å². The van der Waals surface area contributed by atoms with Crippen molar-refractivity contribution in [2.75, 3.05) is 14.2 Å². The molecule has 2 aromatic carbocycles. The van der Waals surface area contributed by atoms with Gasteiger partial charge in [-0.25, -0.2) is 8.42 Å². The molecule has 1 heterocycles. The molecule has 0 aliphatic heterocycles. The Hall–Kier alpha value is -2.79. The minimum atomic E-state index is -3.90. The third-order valence-electron chi connectivity index (χ3n) is 7.63. The van der Waals surface area contributed by atoms with Crippen LogP contribution in [0, 0.1) is 6.92 Å². The fourth-order valence-electron chi connectivity index (χ4n) is 3.95. The number of benzene rings is 2. The quantitative estimate of drug-likeness (QED) is 0.231. The lowest BCUT2D eigenvalue weighted by atomic mass is 10.2. The van der Waals surface area contributed by atoms with Gasteiger partial charge in [-0.15, -0.1) is 0 Å². The summed E-state index contributed by atoms with van der Waals surface area (Å²) in [6, 6.07) is 18.5. The normalized spacial score (nSPS) is 14.2. The van der Waals surface area contributed by atoms with Crippen molar-refractivity contribution in [2.24, 2.45) is 0 Å². The highest BCUT2D eigenvalue weighted by atomic mass is 32.2. The molecule has 0 saturated heterocycles. The number of hydrogen-bond donors (Lipinski definition) is 0. The lowest BCUT2D eigenvalue weighted by molar-refractivity contribution is 0.172. The molecule has 218 valence electrons. The first kappa shape index (κ1) is 31.7. The molecule has 40 heavy (non-hydrogen) atoms. The van der Waals surface area contributed by atoms with Crippen LogP contribution in [0.3, 0.4) is 0 Å². The zero-order chi connectivity index (χ0) is 29.7. The van der Waals surface area contributed by atoms with Crippen molar-refractivity contribution in [3.05, 3.63) is 83.2 Å². The molecule has 3 rings (SSSR count). The average molecular weight is 586 g/mol. The molecule has 0 aliphatic carbocycles. The summed E-state index contributed by atoms with van der Waals surface area (Å²) in [5, 5.41) is 7.56. The number of methoxy groups -OCH3 is 2. The molecule has 8 nitrogen and oxygen atoms in total. The van der Waals surface area contributed by atoms with Gasteiger partial charge >= 0.3 is 0 Å². The summed E-state index contributed by atoms with van der Waals surface area (Å²) < 4.78 is 47.8. The van der Waals surface area contributed by atoms with E-state index in [1.807, 2.05) is 67.6 Å². The molecular formula is C30H43N3O5SSi. The van der Waals surface area contributed by atoms with Crippen LogP contribution in [0.1, 0.15) is 56.3 Å². The van der Waals surface area contributed by atoms with Gasteiger partial charge in [-0.05, 0) is 79.5 Å². The lowest BCUT2D eigenvalue weighted by Crippen LogP contribution is -2.47. The van der Waals surface area contributed by atoms with E-state index in [0.29, 0.717) is 17.2 Å². The highest BCUT2D eigenvalue weighted by Crippen LogP contribution is 2.41. The number of rotatable bonds is 12. The number of aromatic nitrogens is 2. The van der Waals surface area contributed by atoms with E-state index < -0.39 is 29.7 Å². The van der Waals surface area contributed by atoms with E-state index in [0.717, 1.165) is 16.8 Å². The smallest absolute Gasteiger partial charge is 0.220 e. The van der Waals surface area contributed by atoms with Crippen molar-refractivity contribution in [2.45, 2.75) is 77.2 Å². The first-order valence-corrected chi connectivity index (χ1v) is 17.8. The maximum Gasteiger partial charge on any atom is 0.220 e. The Morgan fingerprint density at radius 3 is 1.68 bits per heavy atom. The van der Waals surface area contributed by atoms with Gasteiger partial charge < -0.3 is 13.9 Å². The van der Waals surface area contributed by atoms with E-state index in [4.69, 9.17) is 13.9 Å². The van der Waals surface area contributed by atoms with Crippen LogP contribution >= 0.6 is 0 Å². The molecule has 3 aromatic rings. The van der Waals surface area contributed by atoms with Crippen LogP contribution in [0.5, 0.6) is 11.5 Å². The lowest BCUT2D eigenvalue weighted by Gasteiger charge is -2.41. The largest absolute Gasteiger partial charge is 0.497 e. The molecule has 0 N–H and O–H groups in total. The maximum absolute atomic E-state index is 14.5. The summed E-state index contributed by atoms with van der Waals surface area (Å²) in [7, 11) is -3.08. The molecule has 0 bridgehead atoms. The second-order valence-electron chi connectivity index (χ2n) is 11.6. The first-order valence-electron chi connectivity index (χ1n) is 13.4. The minimum absolute atomic E-state index is 0.126. The molecule has 0 unspecified atom stereocenters. The van der Waals surface area contributed by atoms with Gasteiger partial charge in [-0.2, -0.15) is 14.5 Å². The van der Waals surface area contributed by atoms with Gasteiger partial charge in [0.1, 0.15) is 22.9 Å². The van der Waals surface area contributed by atoms with Crippen molar-refractivity contribution in [3.63, 3.8) is 0 Å². The minimum Gasteiger partial charge on any atom is -0.497 e. The number of sulfonamides is 1. The van der Waals surface area contributed by atoms with E-state index in [1.165, 1.54) is 4.31 Å². The number of ether oxygens (including phenoxy) is 2. The fourth-order valence-corrected chi connectivity index (χ4v) is 7.00. The van der Waals surface area contributed by atoms with Crippen LogP contribution in [0.25, 0.3) is 0 Å². The predicted molar refractivity (Wildman–Crippen MR) is 161 cm³/mol. The Balaban J connectivity index is 2.05. The second kappa shape index (κ2) is 12.8. The van der Waals surface area contributed by atoms with E-state index in [2.05, 4.69) is 44.1 Å². The molecule has 0 amide bonds. The van der Waals surface area contributed by atoms with Crippen LogP contribution < -0.4 is 9.47 Å². The standard InChI is InChI=1S/C30H43N3O5SSi/c1-22-10-19-28(32-31-22)29(38-40(8,9)30(3,4)5)23(2)39(34,35)33(20-24-11-15-26(36-6)16-12-24)21-25-13-17-27(37-7)18-14-25/h10-19,23,29H,20-21H2,1-9H3/t23-,29-/m1/s1. The molecule has 2 atom stereocenters. The fraction of sp³-hybridized carbons (Fsp3) is 0.467. The van der Waals surface area contributed by atoms with E-state index in [-0.39, 0.29) is 18.1 Å². The topological polar surface area (TPSA) is 90.9 Å². The Kier molecular flexibility index (Phi) is 10.2. The molecule has 0 saturated carbocycles. The van der Waals surface area contributed by atoms with E-state index in [1.54, 1.807) is 21.1 Å². The van der Waals surface area contributed by atoms with Gasteiger partial charge in [0.05, 0.1) is 25.6 Å². The highest BCUT2D eigenvalue weighted by molar-refractivity contribution is 7.89. The van der Waals surface area contributed by atoms with Crippen LogP contribution in [0.2, 0.25) is 18.1 Å². The van der Waals surface area contributed by atoms with Crippen LogP contribution in [0.15, 0.2) is 60.7 Å². The van der Waals surface area contributed by atoms with Gasteiger partial charge in [0.15, 0.2) is 8.32 Å². The van der Waals surface area contributed by atoms with Crippen LogP contribution in [0.4, 0.5) is 0 Å². The first-order chi connectivity index (χ1) is 18.7. The third kappa shape index (κ3) is 7.69. The predicted octanol–water partition coefficient (Wildman–Crippen LogP) is 6.29. The molecule has 0 spiro atoms. The zero-order valence-corrected chi connectivity index (χ0v) is 27.0. The molecule has 1 aromatic heterocycles. The number of aryl methyl sites for hydroxylation is 1. The van der Waals surface area contributed by atoms with Gasteiger partial charge in [0, 0.05) is 13.1 Å². The van der Waals surface area contributed by atoms with Crippen molar-refractivity contribution in [3.8, 4) is 11.5 Å². The Labute approximate surface area is 240 Å². The van der Waals surface area contributed by atoms with Crippen LogP contribution in [-0.2, 0) is 27.5 Å². The second-order valence-corrected chi connectivity index (χ2v) is 18.7. The summed E-state index contributed by atoms with van der Waals surface area (Å²) in [6.07, 6.45) is -0.784. The third-order valence-corrected chi connectivity index (χ3v) is 14.3. The SMILES string of the molecule is COc1ccc(CN(Cc2ccc(OC)cc2)S(=O)(=O)[C@H](C)[C@@H](O[Si](C)(C)C(C)(C)C)c2ccc(C)nn2)cc1. The van der Waals surface area contributed by atoms with Gasteiger partial charge in [-0.1, -0.05) is 45.0 Å². The van der Waals surface area contributed by atoms with Gasteiger partial charge in [0.25, 0.3) is 0 Å². The highest BCUT2D eigenvalue weighted by Gasteiger charge is 2.44. The Morgan fingerprint density at radius 2 is 1.30 bits per heavy atom. The van der Waals surface area contributed by atoms with Crippen LogP contribution in [-0.4, -0.2) is 50.7 Å². The number of hydrogen-bond acceptors (Lipinski definition) is 7. The van der Waals surface area contributed by atoms with Crippen molar-refractivity contribution >= 4 is 18.3 Å². The van der Waals surface area contributed by atoms with Gasteiger partial charge in [0.2, 0.25) is 10.0 Å². The zero-order valence-electron chi connectivity index (χ0n) is 25.1. The monoisotopic (exact) mass is 585 g/mol. The van der Waals surface area contributed by atoms with E-state index in [9.17, 15) is 8.42 Å². The summed E-state index contributed by atoms with van der Waals surface area (Å²) in [6.45, 7) is 14.6. The molecule has 0 radical (unpaired) electrons. The molecule has 0 fully saturated rings. The molecular weight excluding hydrogens is 542 g/mol. The van der Waals surface area contributed by atoms with Gasteiger partial charge in [-0.3, -0.25) is 0 Å². The molecule has 10 heteroatoms. The Morgan fingerprint density at radius 1 is 0.825 bits per heavy atom. The summed E-state index contributed by atoms with van der Waals surface area (Å²) in [5.41, 5.74) is 2.97. The Bertz CT molecular complexity index is 1290. The van der Waals surface area contributed by atoms with Crippen molar-refractivity contribution < 1.29 is 22.3 Å². The summed E-state index contributed by atoms with van der Waals surface area (Å²) >= 11 is 0. The maximum atomic E-state index is 14.5. The van der Waals surface area contributed by atoms with Crippen molar-refractivity contribution in [1.29, 1.82) is 0 Å². The summed E-state index contributed by atoms with van der Waals surface area (Å²) in [4.78, 5) is 0. The number of nitrogens with zero attached hydrogens (tertiary/aromatic N) is 3. The summed E-state index contributed by atoms with van der Waals surface area (Å²) in [5.74, 6) is 1.42.